The minimum atomic E-state index is 0. The molecule has 0 amide bonds. The number of H-pyrrole nitrogens is 1. The van der Waals surface area contributed by atoms with Gasteiger partial charge in [0, 0.05) is 0 Å². The molecule has 0 fully saturated rings. The zero-order chi connectivity index (χ0) is 6.24. The molecule has 1 aromatic heterocycles. The van der Waals surface area contributed by atoms with Gasteiger partial charge in [0.15, 0.2) is 0 Å². The van der Waals surface area contributed by atoms with Gasteiger partial charge in [0.25, 0.3) is 0 Å². The van der Waals surface area contributed by atoms with Crippen LogP contribution in [0.25, 0.3) is 0 Å². The van der Waals surface area contributed by atoms with Crippen LogP contribution in [0, 0.1) is 13.1 Å². The molecule has 0 radical (unpaired) electrons. The normalized spacial score (nSPS) is 5.78. The molecular weight excluding hydrogens is 199 g/mol. The number of nitrogens with one attached hydrogen (secondary N) is 1. The molecule has 0 atom stereocenters. The summed E-state index contributed by atoms with van der Waals surface area (Å²) in [5.74, 6) is 0. The van der Waals surface area contributed by atoms with Crippen molar-refractivity contribution in [1.29, 1.82) is 0 Å². The summed E-state index contributed by atoms with van der Waals surface area (Å²) in [6, 6.07) is 3.71. The zero-order valence-electron chi connectivity index (χ0n) is 5.08. The Kier molecular flexibility index (Phi) is 13.2. The first kappa shape index (κ1) is 11.3. The van der Waals surface area contributed by atoms with E-state index in [0.717, 1.165) is 0 Å². The number of allylic oxidation sites excluding steroid dienone is 1. The fourth-order valence-corrected chi connectivity index (χ4v) is 0.241. The quantitative estimate of drug-likeness (QED) is 0.494. The second-order valence-corrected chi connectivity index (χ2v) is 1.10. The van der Waals surface area contributed by atoms with Crippen molar-refractivity contribution in [3.63, 3.8) is 0 Å². The summed E-state index contributed by atoms with van der Waals surface area (Å²) in [4.78, 5) is 2.74. The maximum absolute atomic E-state index is 3.25. The summed E-state index contributed by atoms with van der Waals surface area (Å²) in [5, 5.41) is 0. The molecule has 1 N–H and O–H groups in total. The van der Waals surface area contributed by atoms with E-state index in [-0.39, 0.29) is 19.5 Å². The van der Waals surface area contributed by atoms with Crippen molar-refractivity contribution in [2.45, 2.75) is 0 Å². The number of rotatable bonds is 0. The molecule has 1 nitrogen and oxygen atoms in total. The molecule has 1 aromatic rings. The van der Waals surface area contributed by atoms with Gasteiger partial charge in [-0.05, 0) is 0 Å². The predicted molar refractivity (Wildman–Crippen MR) is 35.2 cm³/mol. The van der Waals surface area contributed by atoms with Gasteiger partial charge in [0.2, 0.25) is 0 Å². The number of aromatic nitrogens is 1. The van der Waals surface area contributed by atoms with Crippen LogP contribution in [0.2, 0.25) is 0 Å². The monoisotopic (exact) mass is 209 g/mol. The van der Waals surface area contributed by atoms with Gasteiger partial charge < -0.3 is 4.98 Å². The molecule has 0 aromatic carbocycles. The van der Waals surface area contributed by atoms with Gasteiger partial charge in [0.05, 0.1) is 0 Å². The Labute approximate surface area is 68.9 Å². The first-order chi connectivity index (χ1) is 3.91. The SMILES string of the molecule is C=C[CH2-].[Ru+2].[c-]1ccc[nH]1. The Balaban J connectivity index is 0. The molecule has 0 aliphatic heterocycles. The molecule has 0 aliphatic rings. The molecule has 0 bridgehead atoms. The van der Waals surface area contributed by atoms with E-state index >= 15 is 0 Å². The molecular formula is C7H9NRu. The van der Waals surface area contributed by atoms with E-state index in [1.807, 2.05) is 18.3 Å². The number of hydrogen-bond acceptors (Lipinski definition) is 0. The summed E-state index contributed by atoms with van der Waals surface area (Å²) in [7, 11) is 0. The van der Waals surface area contributed by atoms with Crippen LogP contribution in [-0.2, 0) is 19.5 Å². The van der Waals surface area contributed by atoms with Crippen LogP contribution in [0.3, 0.4) is 0 Å². The van der Waals surface area contributed by atoms with Crippen molar-refractivity contribution in [1.82, 2.24) is 4.98 Å². The van der Waals surface area contributed by atoms with E-state index in [2.05, 4.69) is 24.7 Å². The van der Waals surface area contributed by atoms with Gasteiger partial charge in [-0.15, -0.1) is 6.20 Å². The Bertz CT molecular complexity index is 95.3. The smallest absolute Gasteiger partial charge is 0.484 e. The van der Waals surface area contributed by atoms with E-state index in [4.69, 9.17) is 0 Å². The van der Waals surface area contributed by atoms with Gasteiger partial charge in [-0.25, -0.2) is 19.6 Å². The fraction of sp³-hybridized carbons (Fsp3) is 0. The molecule has 0 spiro atoms. The summed E-state index contributed by atoms with van der Waals surface area (Å²) < 4.78 is 0. The second kappa shape index (κ2) is 10.5. The van der Waals surface area contributed by atoms with Gasteiger partial charge in [-0.2, -0.15) is 18.3 Å². The largest absolute Gasteiger partial charge is 2.00 e. The summed E-state index contributed by atoms with van der Waals surface area (Å²) >= 11 is 0. The maximum atomic E-state index is 3.25. The Morgan fingerprint density at radius 1 is 1.67 bits per heavy atom. The molecule has 0 unspecified atom stereocenters. The molecule has 0 saturated heterocycles. The minimum Gasteiger partial charge on any atom is -0.484 e. The van der Waals surface area contributed by atoms with Crippen LogP contribution in [0.5, 0.6) is 0 Å². The van der Waals surface area contributed by atoms with Gasteiger partial charge in [-0.1, -0.05) is 0 Å². The third kappa shape index (κ3) is 11.2. The first-order valence-corrected chi connectivity index (χ1v) is 2.31. The first-order valence-electron chi connectivity index (χ1n) is 2.31. The maximum Gasteiger partial charge on any atom is 2.00 e. The summed E-state index contributed by atoms with van der Waals surface area (Å²) in [6.45, 7) is 6.50. The van der Waals surface area contributed by atoms with Crippen LogP contribution in [0.4, 0.5) is 0 Å². The molecule has 0 aliphatic carbocycles. The van der Waals surface area contributed by atoms with Crippen molar-refractivity contribution < 1.29 is 19.5 Å². The minimum absolute atomic E-state index is 0. The average molecular weight is 208 g/mol. The van der Waals surface area contributed by atoms with E-state index in [9.17, 15) is 0 Å². The zero-order valence-corrected chi connectivity index (χ0v) is 6.82. The van der Waals surface area contributed by atoms with Crippen LogP contribution < -0.4 is 0 Å². The third-order valence-corrected chi connectivity index (χ3v) is 0.442. The van der Waals surface area contributed by atoms with Crippen molar-refractivity contribution in [2.24, 2.45) is 0 Å². The van der Waals surface area contributed by atoms with Crippen LogP contribution in [-0.4, -0.2) is 4.98 Å². The Morgan fingerprint density at radius 3 is 2.33 bits per heavy atom. The van der Waals surface area contributed by atoms with Crippen molar-refractivity contribution in [3.05, 3.63) is 44.1 Å². The second-order valence-electron chi connectivity index (χ2n) is 1.10. The molecule has 0 saturated carbocycles. The van der Waals surface area contributed by atoms with Gasteiger partial charge in [-0.3, -0.25) is 0 Å². The summed E-state index contributed by atoms with van der Waals surface area (Å²) in [5.41, 5.74) is 0. The molecule has 2 heteroatoms. The fourth-order valence-electron chi connectivity index (χ4n) is 0.241. The number of aromatic amines is 1. The molecule has 9 heavy (non-hydrogen) atoms. The van der Waals surface area contributed by atoms with Crippen molar-refractivity contribution in [3.8, 4) is 0 Å². The number of hydrogen-bond donors (Lipinski definition) is 1. The van der Waals surface area contributed by atoms with Crippen molar-refractivity contribution >= 4 is 0 Å². The van der Waals surface area contributed by atoms with Crippen LogP contribution in [0.1, 0.15) is 0 Å². The van der Waals surface area contributed by atoms with Gasteiger partial charge in [0.1, 0.15) is 0 Å². The molecule has 1 heterocycles. The predicted octanol–water partition coefficient (Wildman–Crippen LogP) is 1.82. The topological polar surface area (TPSA) is 15.8 Å². The Morgan fingerprint density at radius 2 is 2.22 bits per heavy atom. The Hall–Kier alpha value is -0.487. The van der Waals surface area contributed by atoms with E-state index < -0.39 is 0 Å². The molecule has 1 rings (SSSR count). The van der Waals surface area contributed by atoms with Crippen LogP contribution >= 0.6 is 0 Å². The van der Waals surface area contributed by atoms with E-state index in [0.29, 0.717) is 0 Å². The van der Waals surface area contributed by atoms with Crippen molar-refractivity contribution in [2.75, 3.05) is 0 Å². The van der Waals surface area contributed by atoms with E-state index in [1.165, 1.54) is 6.08 Å². The van der Waals surface area contributed by atoms with E-state index in [1.54, 1.807) is 0 Å². The molecule has 50 valence electrons. The average Bonchev–Trinajstić information content (AvgIpc) is 2.17. The standard InChI is InChI=1S/C4H4N.C3H5.Ru/c1-2-4-5-3-1;1-3-2;/h1-3,5H;3H,1-2H2;/q2*-1;+2. The third-order valence-electron chi connectivity index (χ3n) is 0.442. The van der Waals surface area contributed by atoms with Gasteiger partial charge >= 0.3 is 19.5 Å². The van der Waals surface area contributed by atoms with Crippen LogP contribution in [0.15, 0.2) is 31.0 Å². The summed E-state index contributed by atoms with van der Waals surface area (Å²) in [6.07, 6.45) is 6.06.